The van der Waals surface area contributed by atoms with Crippen LogP contribution < -0.4 is 10.6 Å². The molecule has 2 nitrogen and oxygen atoms in total. The van der Waals surface area contributed by atoms with Crippen LogP contribution in [0.1, 0.15) is 48.0 Å². The lowest BCUT2D eigenvalue weighted by molar-refractivity contribution is 0.229. The van der Waals surface area contributed by atoms with Gasteiger partial charge in [0.1, 0.15) is 0 Å². The summed E-state index contributed by atoms with van der Waals surface area (Å²) in [5.74, 6) is 0.693. The zero-order valence-electron chi connectivity index (χ0n) is 10.9. The summed E-state index contributed by atoms with van der Waals surface area (Å²) in [5.41, 5.74) is 0. The smallest absolute Gasteiger partial charge is 0.0501 e. The Kier molecular flexibility index (Phi) is 5.94. The molecule has 0 aliphatic carbocycles. The maximum absolute atomic E-state index is 3.69. The fourth-order valence-corrected chi connectivity index (χ4v) is 3.50. The van der Waals surface area contributed by atoms with Crippen molar-refractivity contribution in [2.24, 2.45) is 5.92 Å². The first kappa shape index (κ1) is 14.1. The van der Waals surface area contributed by atoms with Crippen molar-refractivity contribution in [3.63, 3.8) is 0 Å². The Balaban J connectivity index is 4.48. The molecule has 0 aliphatic heterocycles. The van der Waals surface area contributed by atoms with E-state index >= 15 is 0 Å². The Morgan fingerprint density at radius 3 is 1.57 bits per heavy atom. The molecule has 3 heteroatoms. The van der Waals surface area contributed by atoms with Gasteiger partial charge < -0.3 is 10.6 Å². The van der Waals surface area contributed by atoms with E-state index in [4.69, 9.17) is 0 Å². The van der Waals surface area contributed by atoms with Crippen LogP contribution in [0.4, 0.5) is 0 Å². The highest BCUT2D eigenvalue weighted by Gasteiger charge is 2.30. The largest absolute Gasteiger partial charge is 0.301 e. The highest BCUT2D eigenvalue weighted by atomic mass is 28.1. The molecule has 1 atom stereocenters. The molecule has 0 aromatic heterocycles. The van der Waals surface area contributed by atoms with Crippen molar-refractivity contribution >= 4 is 10.2 Å². The molecule has 0 saturated heterocycles. The summed E-state index contributed by atoms with van der Waals surface area (Å²) in [6.07, 6.45) is 1.23. The van der Waals surface area contributed by atoms with Crippen molar-refractivity contribution < 1.29 is 0 Å². The second-order valence-electron chi connectivity index (χ2n) is 5.11. The molecular weight excluding hydrogens is 188 g/mol. The summed E-state index contributed by atoms with van der Waals surface area (Å²) < 4.78 is 0. The zero-order chi connectivity index (χ0) is 11.4. The van der Waals surface area contributed by atoms with E-state index in [1.807, 2.05) is 0 Å². The molecule has 1 unspecified atom stereocenters. The lowest BCUT2D eigenvalue weighted by Crippen LogP contribution is -2.65. The SMILES string of the molecule is CCC(C)C([SiH3])(NC(C)C)NC(C)C. The molecule has 0 aromatic rings. The van der Waals surface area contributed by atoms with E-state index in [2.05, 4.69) is 52.2 Å². The summed E-state index contributed by atoms with van der Waals surface area (Å²) >= 11 is 0. The first-order chi connectivity index (χ1) is 6.31. The Labute approximate surface area is 92.7 Å². The molecule has 0 spiro atoms. The number of rotatable bonds is 6. The number of hydrogen-bond donors (Lipinski definition) is 2. The molecular formula is C11H28N2Si. The first-order valence-corrected chi connectivity index (χ1v) is 6.87. The summed E-state index contributed by atoms with van der Waals surface area (Å²) in [6.45, 7) is 13.5. The quantitative estimate of drug-likeness (QED) is 0.512. The van der Waals surface area contributed by atoms with E-state index in [0.717, 1.165) is 10.2 Å². The van der Waals surface area contributed by atoms with Crippen molar-refractivity contribution in [1.82, 2.24) is 10.6 Å². The van der Waals surface area contributed by atoms with E-state index < -0.39 is 0 Å². The molecule has 0 aliphatic rings. The van der Waals surface area contributed by atoms with Crippen molar-refractivity contribution in [3.8, 4) is 0 Å². The van der Waals surface area contributed by atoms with Crippen LogP contribution in [0.15, 0.2) is 0 Å². The third-order valence-corrected chi connectivity index (χ3v) is 4.34. The van der Waals surface area contributed by atoms with Gasteiger partial charge in [-0.15, -0.1) is 0 Å². The van der Waals surface area contributed by atoms with Crippen LogP contribution in [0.3, 0.4) is 0 Å². The molecule has 0 radical (unpaired) electrons. The molecule has 0 bridgehead atoms. The monoisotopic (exact) mass is 216 g/mol. The second kappa shape index (κ2) is 5.88. The Bertz CT molecular complexity index is 147. The minimum absolute atomic E-state index is 0.192. The maximum Gasteiger partial charge on any atom is 0.0501 e. The van der Waals surface area contributed by atoms with Crippen molar-refractivity contribution in [1.29, 1.82) is 0 Å². The zero-order valence-corrected chi connectivity index (χ0v) is 12.9. The number of hydrogen-bond acceptors (Lipinski definition) is 2. The molecule has 0 saturated carbocycles. The predicted molar refractivity (Wildman–Crippen MR) is 68.7 cm³/mol. The van der Waals surface area contributed by atoms with Crippen LogP contribution in [-0.4, -0.2) is 27.6 Å². The average Bonchev–Trinajstić information content (AvgIpc) is 1.99. The predicted octanol–water partition coefficient (Wildman–Crippen LogP) is 1.05. The minimum atomic E-state index is 0.192. The van der Waals surface area contributed by atoms with Crippen molar-refractivity contribution in [3.05, 3.63) is 0 Å². The molecule has 86 valence electrons. The van der Waals surface area contributed by atoms with Crippen LogP contribution in [0.25, 0.3) is 0 Å². The van der Waals surface area contributed by atoms with Gasteiger partial charge in [0.2, 0.25) is 0 Å². The van der Waals surface area contributed by atoms with Crippen molar-refractivity contribution in [2.75, 3.05) is 0 Å². The van der Waals surface area contributed by atoms with Crippen LogP contribution >= 0.6 is 0 Å². The maximum atomic E-state index is 3.69. The van der Waals surface area contributed by atoms with Gasteiger partial charge in [0.15, 0.2) is 0 Å². The Hall–Kier alpha value is 0.137. The standard InChI is InChI=1S/C11H28N2Si/c1-7-10(6)11(14,12-8(2)3)13-9(4)5/h8-10,12-13H,7H2,1-6,14H3. The van der Waals surface area contributed by atoms with Gasteiger partial charge in [-0.3, -0.25) is 0 Å². The van der Waals surface area contributed by atoms with Crippen LogP contribution in [0.2, 0.25) is 0 Å². The van der Waals surface area contributed by atoms with Gasteiger partial charge in [0.05, 0.1) is 5.29 Å². The summed E-state index contributed by atoms with van der Waals surface area (Å²) in [6, 6.07) is 1.10. The van der Waals surface area contributed by atoms with E-state index in [-0.39, 0.29) is 5.29 Å². The molecule has 14 heavy (non-hydrogen) atoms. The molecule has 0 heterocycles. The van der Waals surface area contributed by atoms with Crippen LogP contribution in [-0.2, 0) is 0 Å². The molecule has 0 amide bonds. The lowest BCUT2D eigenvalue weighted by atomic mass is 10.0. The Morgan fingerprint density at radius 1 is 1.00 bits per heavy atom. The lowest BCUT2D eigenvalue weighted by Gasteiger charge is -2.41. The van der Waals surface area contributed by atoms with Crippen LogP contribution in [0, 0.1) is 5.92 Å². The van der Waals surface area contributed by atoms with E-state index in [9.17, 15) is 0 Å². The fraction of sp³-hybridized carbons (Fsp3) is 1.00. The van der Waals surface area contributed by atoms with Gasteiger partial charge in [-0.05, 0) is 33.6 Å². The van der Waals surface area contributed by atoms with Gasteiger partial charge in [-0.25, -0.2) is 0 Å². The minimum Gasteiger partial charge on any atom is -0.301 e. The number of nitrogens with one attached hydrogen (secondary N) is 2. The summed E-state index contributed by atoms with van der Waals surface area (Å²) in [4.78, 5) is 0. The topological polar surface area (TPSA) is 24.1 Å². The van der Waals surface area contributed by atoms with E-state index in [1.165, 1.54) is 6.42 Å². The fourth-order valence-electron chi connectivity index (χ4n) is 1.93. The van der Waals surface area contributed by atoms with Gasteiger partial charge in [-0.2, -0.15) is 0 Å². The van der Waals surface area contributed by atoms with Gasteiger partial charge in [0.25, 0.3) is 0 Å². The van der Waals surface area contributed by atoms with Gasteiger partial charge in [0, 0.05) is 22.3 Å². The van der Waals surface area contributed by atoms with E-state index in [1.54, 1.807) is 0 Å². The van der Waals surface area contributed by atoms with Gasteiger partial charge in [-0.1, -0.05) is 20.3 Å². The highest BCUT2D eigenvalue weighted by Crippen LogP contribution is 2.16. The Morgan fingerprint density at radius 2 is 1.36 bits per heavy atom. The van der Waals surface area contributed by atoms with Crippen LogP contribution in [0.5, 0.6) is 0 Å². The summed E-state index contributed by atoms with van der Waals surface area (Å²) in [5, 5.41) is 7.57. The normalized spacial score (nSPS) is 15.4. The molecule has 0 fully saturated rings. The third kappa shape index (κ3) is 4.58. The first-order valence-electron chi connectivity index (χ1n) is 5.87. The molecule has 0 aromatic carbocycles. The van der Waals surface area contributed by atoms with Gasteiger partial charge >= 0.3 is 0 Å². The summed E-state index contributed by atoms with van der Waals surface area (Å²) in [7, 11) is 1.14. The van der Waals surface area contributed by atoms with E-state index in [0.29, 0.717) is 18.0 Å². The average molecular weight is 216 g/mol. The molecule has 2 N–H and O–H groups in total. The van der Waals surface area contributed by atoms with Crippen molar-refractivity contribution in [2.45, 2.75) is 65.3 Å². The third-order valence-electron chi connectivity index (χ3n) is 2.78. The second-order valence-corrected chi connectivity index (χ2v) is 6.69. The highest BCUT2D eigenvalue weighted by molar-refractivity contribution is 6.15. The molecule has 0 rings (SSSR count).